The summed E-state index contributed by atoms with van der Waals surface area (Å²) in [5.74, 6) is -2.93. The molecule has 0 radical (unpaired) electrons. The van der Waals surface area contributed by atoms with E-state index in [1.807, 2.05) is 0 Å². The molecule has 21 heavy (non-hydrogen) atoms. The van der Waals surface area contributed by atoms with Crippen molar-refractivity contribution >= 4 is 44.1 Å². The highest BCUT2D eigenvalue weighted by molar-refractivity contribution is 9.10. The van der Waals surface area contributed by atoms with Gasteiger partial charge < -0.3 is 10.4 Å². The molecule has 1 atom stereocenters. The van der Waals surface area contributed by atoms with E-state index in [4.69, 9.17) is 5.11 Å². The van der Waals surface area contributed by atoms with Gasteiger partial charge in [0.1, 0.15) is 17.6 Å². The maximum atomic E-state index is 13.7. The van der Waals surface area contributed by atoms with Crippen LogP contribution in [-0.2, 0) is 11.2 Å². The first-order chi connectivity index (χ1) is 9.95. The van der Waals surface area contributed by atoms with Crippen LogP contribution < -0.4 is 5.32 Å². The van der Waals surface area contributed by atoms with Gasteiger partial charge in [-0.1, -0.05) is 0 Å². The van der Waals surface area contributed by atoms with Crippen LogP contribution in [0.15, 0.2) is 16.6 Å². The molecule has 0 bridgehead atoms. The predicted molar refractivity (Wildman–Crippen MR) is 78.2 cm³/mol. The van der Waals surface area contributed by atoms with Gasteiger partial charge in [-0.15, -0.1) is 11.3 Å². The highest BCUT2D eigenvalue weighted by Gasteiger charge is 2.32. The molecule has 0 spiro atoms. The van der Waals surface area contributed by atoms with Crippen LogP contribution in [0.25, 0.3) is 0 Å². The number of hydrogen-bond acceptors (Lipinski definition) is 4. The highest BCUT2D eigenvalue weighted by Crippen LogP contribution is 2.39. The zero-order valence-electron chi connectivity index (χ0n) is 10.5. The molecule has 0 aliphatic heterocycles. The number of carboxylic acids is 1. The van der Waals surface area contributed by atoms with Crippen molar-refractivity contribution in [2.24, 2.45) is 0 Å². The molecule has 1 unspecified atom stereocenters. The van der Waals surface area contributed by atoms with E-state index in [2.05, 4.69) is 26.2 Å². The van der Waals surface area contributed by atoms with E-state index in [1.54, 1.807) is 0 Å². The van der Waals surface area contributed by atoms with Crippen molar-refractivity contribution in [3.05, 3.63) is 38.8 Å². The van der Waals surface area contributed by atoms with Crippen molar-refractivity contribution in [1.82, 2.24) is 4.98 Å². The molecule has 1 heterocycles. The van der Waals surface area contributed by atoms with Gasteiger partial charge in [-0.2, -0.15) is 0 Å². The van der Waals surface area contributed by atoms with E-state index < -0.39 is 23.5 Å². The second-order valence-electron chi connectivity index (χ2n) is 4.63. The largest absolute Gasteiger partial charge is 0.481 e. The Morgan fingerprint density at radius 2 is 2.19 bits per heavy atom. The zero-order chi connectivity index (χ0) is 15.1. The lowest BCUT2D eigenvalue weighted by Gasteiger charge is -2.06. The maximum Gasteiger partial charge on any atom is 0.312 e. The molecular weight excluding hydrogens is 366 g/mol. The first-order valence-electron chi connectivity index (χ1n) is 6.09. The molecule has 2 aromatic rings. The number of carboxylic acid groups (broad SMARTS) is 1. The van der Waals surface area contributed by atoms with Crippen molar-refractivity contribution in [1.29, 1.82) is 0 Å². The number of aliphatic carboxylic acids is 1. The summed E-state index contributed by atoms with van der Waals surface area (Å²) in [5.41, 5.74) is 0.624. The smallest absolute Gasteiger partial charge is 0.312 e. The van der Waals surface area contributed by atoms with E-state index in [0.29, 0.717) is 23.7 Å². The number of hydrogen-bond donors (Lipinski definition) is 2. The number of anilines is 2. The lowest BCUT2D eigenvalue weighted by Crippen LogP contribution is -2.08. The van der Waals surface area contributed by atoms with Crippen LogP contribution >= 0.6 is 27.3 Å². The number of benzene rings is 1. The summed E-state index contributed by atoms with van der Waals surface area (Å²) in [7, 11) is 0. The summed E-state index contributed by atoms with van der Waals surface area (Å²) in [6.45, 7) is 0. The summed E-state index contributed by atoms with van der Waals surface area (Å²) in [4.78, 5) is 16.2. The number of aryl methyl sites for hydroxylation is 1. The van der Waals surface area contributed by atoms with Crippen LogP contribution in [0.4, 0.5) is 19.6 Å². The number of fused-ring (bicyclic) bond motifs is 1. The van der Waals surface area contributed by atoms with Crippen LogP contribution in [0, 0.1) is 11.6 Å². The molecule has 110 valence electrons. The molecule has 1 aliphatic carbocycles. The molecule has 2 N–H and O–H groups in total. The summed E-state index contributed by atoms with van der Waals surface area (Å²) in [5, 5.41) is 12.3. The quantitative estimate of drug-likeness (QED) is 0.795. The average Bonchev–Trinajstić information content (AvgIpc) is 2.95. The van der Waals surface area contributed by atoms with Crippen molar-refractivity contribution < 1.29 is 18.7 Å². The lowest BCUT2D eigenvalue weighted by atomic mass is 10.1. The van der Waals surface area contributed by atoms with E-state index in [-0.39, 0.29) is 10.2 Å². The summed E-state index contributed by atoms with van der Waals surface area (Å²) < 4.78 is 27.0. The highest BCUT2D eigenvalue weighted by atomic mass is 79.9. The molecule has 0 saturated heterocycles. The lowest BCUT2D eigenvalue weighted by molar-refractivity contribution is -0.138. The Labute approximate surface area is 131 Å². The minimum atomic E-state index is -0.902. The number of rotatable bonds is 3. The Morgan fingerprint density at radius 3 is 2.90 bits per heavy atom. The summed E-state index contributed by atoms with van der Waals surface area (Å²) in [6, 6.07) is 2.06. The third-order valence-corrected chi connectivity index (χ3v) is 4.92. The van der Waals surface area contributed by atoms with Crippen LogP contribution in [0.2, 0.25) is 0 Å². The van der Waals surface area contributed by atoms with Crippen molar-refractivity contribution in [2.45, 2.75) is 18.8 Å². The fraction of sp³-hybridized carbons (Fsp3) is 0.231. The van der Waals surface area contributed by atoms with Crippen LogP contribution in [0.5, 0.6) is 0 Å². The monoisotopic (exact) mass is 374 g/mol. The van der Waals surface area contributed by atoms with E-state index in [0.717, 1.165) is 10.9 Å². The van der Waals surface area contributed by atoms with Gasteiger partial charge in [-0.25, -0.2) is 13.8 Å². The molecule has 1 aromatic heterocycles. The minimum absolute atomic E-state index is 0.0857. The van der Waals surface area contributed by atoms with Crippen molar-refractivity contribution in [3.63, 3.8) is 0 Å². The van der Waals surface area contributed by atoms with Gasteiger partial charge in [0.25, 0.3) is 0 Å². The fourth-order valence-corrected chi connectivity index (χ4v) is 3.65. The Bertz CT molecular complexity index is 735. The number of carbonyl (C=O) groups is 1. The second kappa shape index (κ2) is 5.34. The molecule has 0 fully saturated rings. The van der Waals surface area contributed by atoms with Crippen LogP contribution in [0.1, 0.15) is 22.9 Å². The number of thiazole rings is 1. The van der Waals surface area contributed by atoms with Gasteiger partial charge in [0.15, 0.2) is 5.13 Å². The Hall–Kier alpha value is -1.54. The predicted octanol–water partition coefficient (Wildman–Crippen LogP) is 4.04. The minimum Gasteiger partial charge on any atom is -0.481 e. The van der Waals surface area contributed by atoms with Gasteiger partial charge in [-0.05, 0) is 34.8 Å². The Balaban J connectivity index is 1.89. The third-order valence-electron chi connectivity index (χ3n) is 3.27. The molecule has 0 amide bonds. The van der Waals surface area contributed by atoms with E-state index >= 15 is 0 Å². The second-order valence-corrected chi connectivity index (χ2v) is 6.57. The number of nitrogens with one attached hydrogen (secondary N) is 1. The topological polar surface area (TPSA) is 62.2 Å². The molecule has 4 nitrogen and oxygen atoms in total. The zero-order valence-corrected chi connectivity index (χ0v) is 12.9. The van der Waals surface area contributed by atoms with Gasteiger partial charge in [0, 0.05) is 10.9 Å². The molecule has 3 rings (SSSR count). The molecule has 1 aromatic carbocycles. The Kier molecular flexibility index (Phi) is 3.66. The molecular formula is C13H9BrF2N2O2S. The Morgan fingerprint density at radius 1 is 1.43 bits per heavy atom. The maximum absolute atomic E-state index is 13.7. The SMILES string of the molecule is O=C(O)C1CCc2sc(Nc3cc(Br)c(F)cc3F)nc21. The first kappa shape index (κ1) is 14.4. The van der Waals surface area contributed by atoms with Crippen LogP contribution in [0.3, 0.4) is 0 Å². The van der Waals surface area contributed by atoms with E-state index in [1.165, 1.54) is 17.4 Å². The van der Waals surface area contributed by atoms with Crippen LogP contribution in [-0.4, -0.2) is 16.1 Å². The molecule has 1 aliphatic rings. The fourth-order valence-electron chi connectivity index (χ4n) is 2.25. The van der Waals surface area contributed by atoms with Gasteiger partial charge >= 0.3 is 5.97 Å². The molecule has 0 saturated carbocycles. The third kappa shape index (κ3) is 2.65. The average molecular weight is 375 g/mol. The number of nitrogens with zero attached hydrogens (tertiary/aromatic N) is 1. The van der Waals surface area contributed by atoms with Gasteiger partial charge in [0.2, 0.25) is 0 Å². The van der Waals surface area contributed by atoms with E-state index in [9.17, 15) is 13.6 Å². The van der Waals surface area contributed by atoms with Gasteiger partial charge in [-0.3, -0.25) is 4.79 Å². The number of aromatic nitrogens is 1. The standard InChI is InChI=1S/C13H9BrF2N2O2S/c14-6-3-9(8(16)4-7(6)15)17-13-18-11-5(12(19)20)1-2-10(11)21-13/h3-5H,1-2H2,(H,17,18)(H,19,20). The number of halogens is 3. The molecule has 8 heteroatoms. The van der Waals surface area contributed by atoms with Crippen molar-refractivity contribution in [3.8, 4) is 0 Å². The first-order valence-corrected chi connectivity index (χ1v) is 7.70. The summed E-state index contributed by atoms with van der Waals surface area (Å²) >= 11 is 4.29. The summed E-state index contributed by atoms with van der Waals surface area (Å²) in [6.07, 6.45) is 1.20. The van der Waals surface area contributed by atoms with Gasteiger partial charge in [0.05, 0.1) is 15.9 Å². The normalized spacial score (nSPS) is 16.8. The van der Waals surface area contributed by atoms with Crippen molar-refractivity contribution in [2.75, 3.05) is 5.32 Å².